The van der Waals surface area contributed by atoms with Gasteiger partial charge in [0, 0.05) is 31.1 Å². The zero-order chi connectivity index (χ0) is 15.6. The molecule has 1 amide bonds. The third kappa shape index (κ3) is 3.01. The first-order chi connectivity index (χ1) is 10.6. The van der Waals surface area contributed by atoms with Crippen molar-refractivity contribution in [1.82, 2.24) is 4.90 Å². The maximum Gasteiger partial charge on any atom is 0.299 e. The van der Waals surface area contributed by atoms with Crippen molar-refractivity contribution in [2.24, 2.45) is 0 Å². The molecule has 2 aliphatic heterocycles. The first kappa shape index (κ1) is 15.1. The van der Waals surface area contributed by atoms with E-state index in [1.165, 1.54) is 0 Å². The lowest BCUT2D eigenvalue weighted by Crippen LogP contribution is -2.59. The zero-order valence-electron chi connectivity index (χ0n) is 13.0. The molecule has 1 aromatic rings. The molecule has 1 aromatic carbocycles. The van der Waals surface area contributed by atoms with Crippen molar-refractivity contribution >= 4 is 5.91 Å². The highest BCUT2D eigenvalue weighted by Gasteiger charge is 2.48. The summed E-state index contributed by atoms with van der Waals surface area (Å²) in [6.45, 7) is 5.84. The number of nitrogens with zero attached hydrogens (tertiary/aromatic N) is 1. The highest BCUT2D eigenvalue weighted by molar-refractivity contribution is 5.94. The van der Waals surface area contributed by atoms with E-state index < -0.39 is 0 Å². The maximum absolute atomic E-state index is 12.4. The van der Waals surface area contributed by atoms with E-state index in [9.17, 15) is 4.79 Å². The Morgan fingerprint density at radius 1 is 1.32 bits per heavy atom. The molecule has 0 aromatic heterocycles. The summed E-state index contributed by atoms with van der Waals surface area (Å²) < 4.78 is 11.8. The number of rotatable bonds is 0. The van der Waals surface area contributed by atoms with Gasteiger partial charge >= 0.3 is 0 Å². The van der Waals surface area contributed by atoms with Gasteiger partial charge in [0.05, 0.1) is 18.8 Å². The SMILES string of the molecule is C[C@@H]1CN(C(=O)C#Cc2ccccc2)C[C@]2(CCO[C@@H]2C)O1. The highest BCUT2D eigenvalue weighted by atomic mass is 16.6. The van der Waals surface area contributed by atoms with Crippen LogP contribution in [0.3, 0.4) is 0 Å². The van der Waals surface area contributed by atoms with Crippen LogP contribution in [0, 0.1) is 11.8 Å². The van der Waals surface area contributed by atoms with Crippen LogP contribution in [-0.4, -0.2) is 48.3 Å². The van der Waals surface area contributed by atoms with Gasteiger partial charge in [0.2, 0.25) is 0 Å². The third-order valence-electron chi connectivity index (χ3n) is 4.38. The fourth-order valence-electron chi connectivity index (χ4n) is 3.18. The van der Waals surface area contributed by atoms with Crippen LogP contribution in [0.2, 0.25) is 0 Å². The molecular weight excluding hydrogens is 278 g/mol. The summed E-state index contributed by atoms with van der Waals surface area (Å²) in [6.07, 6.45) is 0.835. The molecule has 0 saturated carbocycles. The minimum atomic E-state index is -0.373. The normalized spacial score (nSPS) is 30.9. The number of benzene rings is 1. The summed E-state index contributed by atoms with van der Waals surface area (Å²) in [5.41, 5.74) is 0.478. The monoisotopic (exact) mass is 299 g/mol. The minimum absolute atomic E-state index is 0.000347. The van der Waals surface area contributed by atoms with Gasteiger partial charge in [-0.2, -0.15) is 0 Å². The molecule has 3 rings (SSSR count). The van der Waals surface area contributed by atoms with Crippen LogP contribution in [0.1, 0.15) is 25.8 Å². The molecule has 1 spiro atoms. The van der Waals surface area contributed by atoms with Crippen molar-refractivity contribution in [3.05, 3.63) is 35.9 Å². The number of carbonyl (C=O) groups excluding carboxylic acids is 1. The number of ether oxygens (including phenoxy) is 2. The molecule has 3 atom stereocenters. The van der Waals surface area contributed by atoms with Gasteiger partial charge in [0.15, 0.2) is 0 Å². The second-order valence-electron chi connectivity index (χ2n) is 6.06. The van der Waals surface area contributed by atoms with E-state index in [2.05, 4.69) is 11.8 Å². The molecule has 4 nitrogen and oxygen atoms in total. The van der Waals surface area contributed by atoms with Crippen molar-refractivity contribution in [2.45, 2.75) is 38.1 Å². The average Bonchev–Trinajstić information content (AvgIpc) is 2.85. The van der Waals surface area contributed by atoms with Crippen molar-refractivity contribution < 1.29 is 14.3 Å². The van der Waals surface area contributed by atoms with Crippen LogP contribution in [0.5, 0.6) is 0 Å². The van der Waals surface area contributed by atoms with Gasteiger partial charge in [0.1, 0.15) is 5.60 Å². The molecule has 0 unspecified atom stereocenters. The van der Waals surface area contributed by atoms with E-state index in [-0.39, 0.29) is 23.7 Å². The van der Waals surface area contributed by atoms with E-state index in [1.807, 2.05) is 44.2 Å². The molecule has 0 aliphatic carbocycles. The molecule has 22 heavy (non-hydrogen) atoms. The summed E-state index contributed by atoms with van der Waals surface area (Å²) in [7, 11) is 0. The number of hydrogen-bond donors (Lipinski definition) is 0. The molecule has 4 heteroatoms. The Balaban J connectivity index is 1.74. The van der Waals surface area contributed by atoms with Gasteiger partial charge in [-0.1, -0.05) is 24.1 Å². The van der Waals surface area contributed by atoms with Crippen LogP contribution in [0.15, 0.2) is 30.3 Å². The largest absolute Gasteiger partial charge is 0.375 e. The smallest absolute Gasteiger partial charge is 0.299 e. The molecule has 0 radical (unpaired) electrons. The topological polar surface area (TPSA) is 38.8 Å². The quantitative estimate of drug-likeness (QED) is 0.686. The lowest BCUT2D eigenvalue weighted by atomic mass is 9.93. The lowest BCUT2D eigenvalue weighted by Gasteiger charge is -2.44. The van der Waals surface area contributed by atoms with E-state index in [0.717, 1.165) is 12.0 Å². The third-order valence-corrected chi connectivity index (χ3v) is 4.38. The Morgan fingerprint density at radius 3 is 2.77 bits per heavy atom. The molecule has 2 saturated heterocycles. The Hall–Kier alpha value is -1.83. The van der Waals surface area contributed by atoms with Crippen LogP contribution in [0.25, 0.3) is 0 Å². The highest BCUT2D eigenvalue weighted by Crippen LogP contribution is 2.34. The van der Waals surface area contributed by atoms with Gasteiger partial charge in [0.25, 0.3) is 5.91 Å². The summed E-state index contributed by atoms with van der Waals surface area (Å²) in [5.74, 6) is 5.54. The maximum atomic E-state index is 12.4. The predicted octanol–water partition coefficient (Wildman–Crippen LogP) is 1.83. The summed E-state index contributed by atoms with van der Waals surface area (Å²) in [6, 6.07) is 9.56. The Bertz CT molecular complexity index is 604. The standard InChI is InChI=1S/C18H21NO3/c1-14-12-19(13-18(22-14)10-11-21-15(18)2)17(20)9-8-16-6-4-3-5-7-16/h3-7,14-15H,10-13H2,1-2H3/t14-,15-,18+/m1/s1. The summed E-state index contributed by atoms with van der Waals surface area (Å²) in [5, 5.41) is 0. The van der Waals surface area contributed by atoms with Crippen molar-refractivity contribution in [3.8, 4) is 11.8 Å². The van der Waals surface area contributed by atoms with E-state index in [1.54, 1.807) is 4.90 Å². The van der Waals surface area contributed by atoms with Crippen molar-refractivity contribution in [1.29, 1.82) is 0 Å². The van der Waals surface area contributed by atoms with Crippen LogP contribution < -0.4 is 0 Å². The molecule has 0 N–H and O–H groups in total. The van der Waals surface area contributed by atoms with E-state index >= 15 is 0 Å². The van der Waals surface area contributed by atoms with Gasteiger partial charge in [-0.3, -0.25) is 4.79 Å². The summed E-state index contributed by atoms with van der Waals surface area (Å²) in [4.78, 5) is 14.2. The van der Waals surface area contributed by atoms with Crippen molar-refractivity contribution in [2.75, 3.05) is 19.7 Å². The molecular formula is C18H21NO3. The Kier molecular flexibility index (Phi) is 4.19. The second kappa shape index (κ2) is 6.12. The number of hydrogen-bond acceptors (Lipinski definition) is 3. The van der Waals surface area contributed by atoms with E-state index in [4.69, 9.17) is 9.47 Å². The average molecular weight is 299 g/mol. The zero-order valence-corrected chi connectivity index (χ0v) is 13.0. The first-order valence-corrected chi connectivity index (χ1v) is 7.74. The van der Waals surface area contributed by atoms with Crippen LogP contribution >= 0.6 is 0 Å². The lowest BCUT2D eigenvalue weighted by molar-refractivity contribution is -0.175. The van der Waals surface area contributed by atoms with Crippen molar-refractivity contribution in [3.63, 3.8) is 0 Å². The second-order valence-corrected chi connectivity index (χ2v) is 6.06. The predicted molar refractivity (Wildman–Crippen MR) is 83.2 cm³/mol. The minimum Gasteiger partial charge on any atom is -0.375 e. The molecule has 116 valence electrons. The molecule has 0 bridgehead atoms. The molecule has 2 heterocycles. The molecule has 2 aliphatic rings. The number of morpholine rings is 1. The fraction of sp³-hybridized carbons (Fsp3) is 0.500. The van der Waals surface area contributed by atoms with Gasteiger partial charge in [-0.05, 0) is 26.0 Å². The van der Waals surface area contributed by atoms with Gasteiger partial charge < -0.3 is 14.4 Å². The van der Waals surface area contributed by atoms with Gasteiger partial charge in [-0.25, -0.2) is 0 Å². The van der Waals surface area contributed by atoms with E-state index in [0.29, 0.717) is 19.7 Å². The number of carbonyl (C=O) groups is 1. The van der Waals surface area contributed by atoms with Crippen LogP contribution in [0.4, 0.5) is 0 Å². The summed E-state index contributed by atoms with van der Waals surface area (Å²) >= 11 is 0. The Labute approximate surface area is 131 Å². The first-order valence-electron chi connectivity index (χ1n) is 7.74. The number of amides is 1. The molecule has 2 fully saturated rings. The Morgan fingerprint density at radius 2 is 2.09 bits per heavy atom. The van der Waals surface area contributed by atoms with Crippen LogP contribution in [-0.2, 0) is 14.3 Å². The van der Waals surface area contributed by atoms with Gasteiger partial charge in [-0.15, -0.1) is 0 Å². The fourth-order valence-corrected chi connectivity index (χ4v) is 3.18.